The maximum absolute atomic E-state index is 13.0. The largest absolute Gasteiger partial charge is 0.364 e. The Morgan fingerprint density at radius 1 is 1.53 bits per heavy atom. The molecule has 1 aromatic rings. The van der Waals surface area contributed by atoms with Gasteiger partial charge in [0.25, 0.3) is 5.92 Å². The Bertz CT molecular complexity index is 317. The van der Waals surface area contributed by atoms with E-state index in [0.29, 0.717) is 12.4 Å². The molecule has 1 aromatic heterocycles. The van der Waals surface area contributed by atoms with Crippen LogP contribution in [0.1, 0.15) is 6.42 Å². The molecule has 1 fully saturated rings. The summed E-state index contributed by atoms with van der Waals surface area (Å²) in [5, 5.41) is 13.1. The first-order valence-corrected chi connectivity index (χ1v) is 4.78. The van der Waals surface area contributed by atoms with E-state index in [-0.39, 0.29) is 19.0 Å². The summed E-state index contributed by atoms with van der Waals surface area (Å²) in [5.41, 5.74) is 0. The Kier molecular flexibility index (Phi) is 2.77. The highest BCUT2D eigenvalue weighted by atomic mass is 19.3. The van der Waals surface area contributed by atoms with Crippen molar-refractivity contribution in [2.45, 2.75) is 18.4 Å². The Morgan fingerprint density at radius 3 is 3.07 bits per heavy atom. The minimum Gasteiger partial charge on any atom is -0.364 e. The molecule has 1 aliphatic heterocycles. The molecule has 0 radical (unpaired) electrons. The van der Waals surface area contributed by atoms with E-state index in [1.165, 1.54) is 0 Å². The molecule has 82 valence electrons. The fourth-order valence-electron chi connectivity index (χ4n) is 1.62. The first kappa shape index (κ1) is 10.2. The second-order valence-electron chi connectivity index (χ2n) is 3.64. The predicted molar refractivity (Wildman–Crippen MR) is 51.9 cm³/mol. The molecule has 15 heavy (non-hydrogen) atoms. The number of anilines is 1. The maximum Gasteiger partial charge on any atom is 0.262 e. The summed E-state index contributed by atoms with van der Waals surface area (Å²) in [7, 11) is 0. The molecular formula is C9H12F2N4. The maximum atomic E-state index is 13.0. The SMILES string of the molecule is FC1(F)CNCC(Nc2cccnn2)C1. The summed E-state index contributed by atoms with van der Waals surface area (Å²) in [6.45, 7) is 0.276. The van der Waals surface area contributed by atoms with E-state index in [0.717, 1.165) is 0 Å². The van der Waals surface area contributed by atoms with E-state index < -0.39 is 5.92 Å². The van der Waals surface area contributed by atoms with Crippen molar-refractivity contribution < 1.29 is 8.78 Å². The van der Waals surface area contributed by atoms with Crippen LogP contribution in [0.25, 0.3) is 0 Å². The topological polar surface area (TPSA) is 49.8 Å². The minimum atomic E-state index is -2.64. The van der Waals surface area contributed by atoms with Crippen molar-refractivity contribution in [3.63, 3.8) is 0 Å². The molecule has 0 amide bonds. The fourth-order valence-corrected chi connectivity index (χ4v) is 1.62. The van der Waals surface area contributed by atoms with Crippen LogP contribution in [0.3, 0.4) is 0 Å². The van der Waals surface area contributed by atoms with Crippen LogP contribution in [0, 0.1) is 0 Å². The summed E-state index contributed by atoms with van der Waals surface area (Å²) < 4.78 is 26.0. The molecule has 0 saturated carbocycles. The zero-order valence-corrected chi connectivity index (χ0v) is 8.08. The van der Waals surface area contributed by atoms with E-state index in [4.69, 9.17) is 0 Å². The third-order valence-electron chi connectivity index (χ3n) is 2.24. The quantitative estimate of drug-likeness (QED) is 0.767. The fraction of sp³-hybridized carbons (Fsp3) is 0.556. The number of nitrogens with one attached hydrogen (secondary N) is 2. The van der Waals surface area contributed by atoms with Crippen LogP contribution in [-0.4, -0.2) is 35.3 Å². The van der Waals surface area contributed by atoms with Gasteiger partial charge in [0.15, 0.2) is 0 Å². The van der Waals surface area contributed by atoms with Crippen LogP contribution in [0.4, 0.5) is 14.6 Å². The summed E-state index contributed by atoms with van der Waals surface area (Å²) >= 11 is 0. The van der Waals surface area contributed by atoms with Crippen molar-refractivity contribution in [1.29, 1.82) is 0 Å². The smallest absolute Gasteiger partial charge is 0.262 e. The molecule has 0 aliphatic carbocycles. The predicted octanol–water partition coefficient (Wildman–Crippen LogP) is 0.886. The molecule has 2 heterocycles. The lowest BCUT2D eigenvalue weighted by Crippen LogP contribution is -2.49. The van der Waals surface area contributed by atoms with Crippen LogP contribution < -0.4 is 10.6 Å². The Morgan fingerprint density at radius 2 is 2.40 bits per heavy atom. The van der Waals surface area contributed by atoms with E-state index in [1.54, 1.807) is 18.3 Å². The Labute approximate surface area is 86.1 Å². The average molecular weight is 214 g/mol. The van der Waals surface area contributed by atoms with E-state index >= 15 is 0 Å². The van der Waals surface area contributed by atoms with Crippen molar-refractivity contribution in [2.24, 2.45) is 0 Å². The van der Waals surface area contributed by atoms with Crippen molar-refractivity contribution in [3.8, 4) is 0 Å². The van der Waals surface area contributed by atoms with Crippen LogP contribution in [-0.2, 0) is 0 Å². The van der Waals surface area contributed by atoms with Gasteiger partial charge in [0, 0.05) is 25.2 Å². The van der Waals surface area contributed by atoms with Crippen molar-refractivity contribution in [3.05, 3.63) is 18.3 Å². The first-order chi connectivity index (χ1) is 7.16. The molecule has 4 nitrogen and oxygen atoms in total. The Hall–Kier alpha value is -1.30. The van der Waals surface area contributed by atoms with Crippen LogP contribution in [0.2, 0.25) is 0 Å². The van der Waals surface area contributed by atoms with Gasteiger partial charge >= 0.3 is 0 Å². The Balaban J connectivity index is 1.95. The number of piperidine rings is 1. The lowest BCUT2D eigenvalue weighted by Gasteiger charge is -2.30. The number of alkyl halides is 2. The average Bonchev–Trinajstić information content (AvgIpc) is 2.17. The number of hydrogen-bond donors (Lipinski definition) is 2. The molecule has 1 unspecified atom stereocenters. The van der Waals surface area contributed by atoms with Crippen LogP contribution in [0.5, 0.6) is 0 Å². The molecule has 6 heteroatoms. The van der Waals surface area contributed by atoms with Gasteiger partial charge in [0.2, 0.25) is 0 Å². The van der Waals surface area contributed by atoms with Gasteiger partial charge < -0.3 is 10.6 Å². The van der Waals surface area contributed by atoms with Crippen LogP contribution in [0.15, 0.2) is 18.3 Å². The highest BCUT2D eigenvalue weighted by Gasteiger charge is 2.36. The highest BCUT2D eigenvalue weighted by molar-refractivity contribution is 5.33. The number of hydrogen-bond acceptors (Lipinski definition) is 4. The summed E-state index contributed by atoms with van der Waals surface area (Å²) in [6, 6.07) is 3.12. The van der Waals surface area contributed by atoms with Gasteiger partial charge in [-0.05, 0) is 12.1 Å². The molecule has 2 rings (SSSR count). The molecule has 1 saturated heterocycles. The zero-order chi connectivity index (χ0) is 10.7. The van der Waals surface area contributed by atoms with Crippen molar-refractivity contribution in [2.75, 3.05) is 18.4 Å². The van der Waals surface area contributed by atoms with Gasteiger partial charge in [-0.2, -0.15) is 5.10 Å². The van der Waals surface area contributed by atoms with Crippen molar-refractivity contribution in [1.82, 2.24) is 15.5 Å². The second kappa shape index (κ2) is 4.06. The van der Waals surface area contributed by atoms with Gasteiger partial charge in [0.05, 0.1) is 6.54 Å². The zero-order valence-electron chi connectivity index (χ0n) is 8.08. The number of aromatic nitrogens is 2. The van der Waals surface area contributed by atoms with E-state index in [1.807, 2.05) is 0 Å². The molecule has 0 spiro atoms. The third kappa shape index (κ3) is 2.82. The molecule has 1 atom stereocenters. The molecule has 1 aliphatic rings. The summed E-state index contributed by atoms with van der Waals surface area (Å²) in [6.07, 6.45) is 1.37. The lowest BCUT2D eigenvalue weighted by atomic mass is 10.0. The number of nitrogens with zero attached hydrogens (tertiary/aromatic N) is 2. The third-order valence-corrected chi connectivity index (χ3v) is 2.24. The standard InChI is InChI=1S/C9H12F2N4/c10-9(11)4-7(5-12-6-9)14-8-2-1-3-13-15-8/h1-3,7,12H,4-6H2,(H,14,15). The molecule has 0 bridgehead atoms. The molecular weight excluding hydrogens is 202 g/mol. The number of halogens is 2. The summed E-state index contributed by atoms with van der Waals surface area (Å²) in [5.74, 6) is -2.11. The van der Waals surface area contributed by atoms with Gasteiger partial charge in [-0.15, -0.1) is 5.10 Å². The minimum absolute atomic E-state index is 0.170. The van der Waals surface area contributed by atoms with Gasteiger partial charge in [0.1, 0.15) is 5.82 Å². The monoisotopic (exact) mass is 214 g/mol. The molecule has 2 N–H and O–H groups in total. The van der Waals surface area contributed by atoms with E-state index in [2.05, 4.69) is 20.8 Å². The normalized spacial score (nSPS) is 24.8. The first-order valence-electron chi connectivity index (χ1n) is 4.78. The number of rotatable bonds is 2. The molecule has 0 aromatic carbocycles. The van der Waals surface area contributed by atoms with Gasteiger partial charge in [-0.25, -0.2) is 8.78 Å². The van der Waals surface area contributed by atoms with Crippen LogP contribution >= 0.6 is 0 Å². The lowest BCUT2D eigenvalue weighted by molar-refractivity contribution is -0.0244. The van der Waals surface area contributed by atoms with Gasteiger partial charge in [-0.1, -0.05) is 0 Å². The van der Waals surface area contributed by atoms with Gasteiger partial charge in [-0.3, -0.25) is 0 Å². The highest BCUT2D eigenvalue weighted by Crippen LogP contribution is 2.23. The van der Waals surface area contributed by atoms with E-state index in [9.17, 15) is 8.78 Å². The van der Waals surface area contributed by atoms with Crippen molar-refractivity contribution >= 4 is 5.82 Å². The second-order valence-corrected chi connectivity index (χ2v) is 3.64. The summed E-state index contributed by atoms with van der Waals surface area (Å²) in [4.78, 5) is 0.